The number of methoxy groups -OCH3 is 1. The highest BCUT2D eigenvalue weighted by atomic mass is 79.9. The Morgan fingerprint density at radius 2 is 2.00 bits per heavy atom. The molecule has 1 aliphatic rings. The number of nitrogens with one attached hydrogen (secondary N) is 1. The third-order valence-electron chi connectivity index (χ3n) is 3.59. The largest absolute Gasteiger partial charge is 0.496 e. The third kappa shape index (κ3) is 4.52. The van der Waals surface area contributed by atoms with Gasteiger partial charge in [-0.05, 0) is 76.2 Å². The molecule has 0 atom stereocenters. The molecule has 0 saturated carbocycles. The van der Waals surface area contributed by atoms with Gasteiger partial charge in [0.25, 0.3) is 11.8 Å². The fraction of sp³-hybridized carbons (Fsp3) is 0.0556. The monoisotopic (exact) mass is 482 g/mol. The van der Waals surface area contributed by atoms with Crippen molar-refractivity contribution in [2.45, 2.75) is 0 Å². The highest BCUT2D eigenvalue weighted by molar-refractivity contribution is 9.10. The maximum absolute atomic E-state index is 12.6. The molecular formula is C18H12BrClN2O3S2. The molecule has 27 heavy (non-hydrogen) atoms. The Labute approximate surface area is 178 Å². The van der Waals surface area contributed by atoms with Crippen molar-refractivity contribution in [1.29, 1.82) is 0 Å². The van der Waals surface area contributed by atoms with Crippen LogP contribution in [-0.2, 0) is 4.79 Å². The maximum atomic E-state index is 12.6. The van der Waals surface area contributed by atoms with E-state index in [0.717, 1.165) is 26.8 Å². The number of hydrogen-bond donors (Lipinski definition) is 1. The molecule has 3 rings (SSSR count). The van der Waals surface area contributed by atoms with Crippen LogP contribution in [0.15, 0.2) is 51.8 Å². The second kappa shape index (κ2) is 8.43. The smallest absolute Gasteiger partial charge is 0.285 e. The van der Waals surface area contributed by atoms with E-state index in [4.69, 9.17) is 28.6 Å². The Hall–Kier alpha value is -1.87. The number of halogens is 2. The lowest BCUT2D eigenvalue weighted by molar-refractivity contribution is -0.123. The molecule has 5 nitrogen and oxygen atoms in total. The molecule has 1 aliphatic heterocycles. The van der Waals surface area contributed by atoms with Gasteiger partial charge in [-0.1, -0.05) is 29.4 Å². The number of benzene rings is 2. The van der Waals surface area contributed by atoms with Crippen LogP contribution in [0, 0.1) is 0 Å². The fourth-order valence-corrected chi connectivity index (χ4v) is 4.12. The summed E-state index contributed by atoms with van der Waals surface area (Å²) < 4.78 is 6.21. The van der Waals surface area contributed by atoms with Gasteiger partial charge < -0.3 is 4.74 Å². The lowest BCUT2D eigenvalue weighted by atomic mass is 10.2. The molecule has 138 valence electrons. The fourth-order valence-electron chi connectivity index (χ4n) is 2.26. The number of thiocarbonyl (C=S) groups is 1. The summed E-state index contributed by atoms with van der Waals surface area (Å²) in [6.45, 7) is 0. The van der Waals surface area contributed by atoms with Crippen LogP contribution in [0.2, 0.25) is 5.02 Å². The average molecular weight is 484 g/mol. The van der Waals surface area contributed by atoms with E-state index in [-0.39, 0.29) is 10.2 Å². The third-order valence-corrected chi connectivity index (χ3v) is 5.76. The first-order chi connectivity index (χ1) is 12.9. The van der Waals surface area contributed by atoms with Crippen molar-refractivity contribution in [2.75, 3.05) is 7.11 Å². The number of thioether (sulfide) groups is 1. The van der Waals surface area contributed by atoms with Gasteiger partial charge in [0.1, 0.15) is 5.75 Å². The van der Waals surface area contributed by atoms with Gasteiger partial charge in [0, 0.05) is 10.6 Å². The molecule has 1 saturated heterocycles. The van der Waals surface area contributed by atoms with E-state index in [1.54, 1.807) is 43.5 Å². The lowest BCUT2D eigenvalue weighted by Gasteiger charge is -2.15. The zero-order chi connectivity index (χ0) is 19.6. The summed E-state index contributed by atoms with van der Waals surface area (Å²) in [5.41, 5.74) is 3.70. The summed E-state index contributed by atoms with van der Waals surface area (Å²) in [4.78, 5) is 25.4. The normalized spacial score (nSPS) is 15.4. The highest BCUT2D eigenvalue weighted by Crippen LogP contribution is 2.33. The maximum Gasteiger partial charge on any atom is 0.285 e. The molecule has 0 aliphatic carbocycles. The van der Waals surface area contributed by atoms with Gasteiger partial charge >= 0.3 is 0 Å². The van der Waals surface area contributed by atoms with E-state index in [1.807, 2.05) is 12.1 Å². The van der Waals surface area contributed by atoms with E-state index < -0.39 is 5.91 Å². The summed E-state index contributed by atoms with van der Waals surface area (Å²) in [5, 5.41) is 1.59. The van der Waals surface area contributed by atoms with Crippen LogP contribution >= 0.6 is 51.5 Å². The van der Waals surface area contributed by atoms with Crippen LogP contribution in [0.5, 0.6) is 5.75 Å². The van der Waals surface area contributed by atoms with Crippen LogP contribution in [0.4, 0.5) is 0 Å². The van der Waals surface area contributed by atoms with Gasteiger partial charge in [0.15, 0.2) is 4.32 Å². The minimum atomic E-state index is -0.448. The number of carbonyl (C=O) groups excluding carboxylic acids is 2. The molecule has 0 aromatic heterocycles. The molecule has 2 aromatic carbocycles. The van der Waals surface area contributed by atoms with Gasteiger partial charge in [-0.3, -0.25) is 15.0 Å². The first kappa shape index (κ1) is 19.9. The van der Waals surface area contributed by atoms with E-state index in [1.165, 1.54) is 0 Å². The predicted molar refractivity (Wildman–Crippen MR) is 115 cm³/mol. The van der Waals surface area contributed by atoms with Gasteiger partial charge in [-0.2, -0.15) is 5.01 Å². The van der Waals surface area contributed by atoms with Gasteiger partial charge in [0.05, 0.1) is 16.5 Å². The second-order valence-corrected chi connectivity index (χ2v) is 8.33. The summed E-state index contributed by atoms with van der Waals surface area (Å²) in [5.74, 6) is -0.148. The van der Waals surface area contributed by atoms with Crippen molar-refractivity contribution in [3.63, 3.8) is 0 Å². The number of hydrogen-bond acceptors (Lipinski definition) is 5. The number of rotatable bonds is 4. The van der Waals surface area contributed by atoms with Crippen LogP contribution < -0.4 is 10.2 Å². The number of carbonyl (C=O) groups is 2. The molecule has 1 fully saturated rings. The van der Waals surface area contributed by atoms with Gasteiger partial charge in [-0.15, -0.1) is 0 Å². The van der Waals surface area contributed by atoms with E-state index >= 15 is 0 Å². The standard InChI is InChI=1S/C18H12BrClN2O3S2/c1-25-14-7-2-10(8-13(14)19)9-15-17(24)22(18(26)27-15)21-16(23)11-3-5-12(20)6-4-11/h2-9H,1H3,(H,21,23)/b15-9+. The first-order valence-corrected chi connectivity index (χ1v) is 9.96. The van der Waals surface area contributed by atoms with Crippen LogP contribution in [0.25, 0.3) is 6.08 Å². The van der Waals surface area contributed by atoms with Crippen LogP contribution in [0.1, 0.15) is 15.9 Å². The Morgan fingerprint density at radius 3 is 2.63 bits per heavy atom. The highest BCUT2D eigenvalue weighted by Gasteiger charge is 2.33. The predicted octanol–water partition coefficient (Wildman–Crippen LogP) is 4.66. The molecule has 0 radical (unpaired) electrons. The quantitative estimate of drug-likeness (QED) is 0.506. The van der Waals surface area contributed by atoms with Crippen molar-refractivity contribution in [1.82, 2.24) is 10.4 Å². The molecule has 0 spiro atoms. The minimum Gasteiger partial charge on any atom is -0.496 e. The van der Waals surface area contributed by atoms with Crippen LogP contribution in [0.3, 0.4) is 0 Å². The second-order valence-electron chi connectivity index (χ2n) is 5.36. The Kier molecular flexibility index (Phi) is 6.21. The van der Waals surface area contributed by atoms with Crippen LogP contribution in [-0.4, -0.2) is 28.3 Å². The van der Waals surface area contributed by atoms with Crippen molar-refractivity contribution in [2.24, 2.45) is 0 Å². The molecule has 1 heterocycles. The summed E-state index contributed by atoms with van der Waals surface area (Å²) in [6, 6.07) is 11.8. The lowest BCUT2D eigenvalue weighted by Crippen LogP contribution is -2.44. The van der Waals surface area contributed by atoms with E-state index in [2.05, 4.69) is 21.4 Å². The van der Waals surface area contributed by atoms with Crippen molar-refractivity contribution < 1.29 is 14.3 Å². The summed E-state index contributed by atoms with van der Waals surface area (Å²) in [7, 11) is 1.58. The number of hydrazine groups is 1. The van der Waals surface area contributed by atoms with E-state index in [0.29, 0.717) is 21.2 Å². The van der Waals surface area contributed by atoms with Gasteiger partial charge in [0.2, 0.25) is 0 Å². The average Bonchev–Trinajstić information content (AvgIpc) is 2.90. The number of ether oxygens (including phenoxy) is 1. The molecule has 9 heteroatoms. The SMILES string of the molecule is COc1ccc(/C=C2/SC(=S)N(NC(=O)c3ccc(Cl)cc3)C2=O)cc1Br. The minimum absolute atomic E-state index is 0.251. The molecular weight excluding hydrogens is 472 g/mol. The first-order valence-electron chi connectivity index (χ1n) is 7.57. The number of amides is 2. The number of nitrogens with zero attached hydrogens (tertiary/aromatic N) is 1. The van der Waals surface area contributed by atoms with Crippen molar-refractivity contribution in [3.8, 4) is 5.75 Å². The Bertz CT molecular complexity index is 964. The molecule has 1 N–H and O–H groups in total. The summed E-state index contributed by atoms with van der Waals surface area (Å²) in [6.07, 6.45) is 1.71. The Morgan fingerprint density at radius 1 is 1.30 bits per heavy atom. The summed E-state index contributed by atoms with van der Waals surface area (Å²) >= 11 is 15.6. The van der Waals surface area contributed by atoms with Crippen molar-refractivity contribution >= 4 is 73.7 Å². The Balaban J connectivity index is 1.77. The van der Waals surface area contributed by atoms with Gasteiger partial charge in [-0.25, -0.2) is 0 Å². The zero-order valence-electron chi connectivity index (χ0n) is 13.9. The molecule has 2 aromatic rings. The zero-order valence-corrected chi connectivity index (χ0v) is 17.8. The molecule has 0 unspecified atom stereocenters. The van der Waals surface area contributed by atoms with E-state index in [9.17, 15) is 9.59 Å². The molecule has 2 amide bonds. The van der Waals surface area contributed by atoms with Crippen molar-refractivity contribution in [3.05, 3.63) is 68.0 Å². The molecule has 0 bridgehead atoms. The topological polar surface area (TPSA) is 58.6 Å².